The van der Waals surface area contributed by atoms with Crippen LogP contribution in [0.3, 0.4) is 0 Å². The number of amides is 1. The van der Waals surface area contributed by atoms with Gasteiger partial charge in [-0.1, -0.05) is 23.7 Å². The number of ether oxygens (including phenoxy) is 1. The van der Waals surface area contributed by atoms with E-state index < -0.39 is 30.0 Å². The van der Waals surface area contributed by atoms with E-state index in [-0.39, 0.29) is 22.1 Å². The van der Waals surface area contributed by atoms with E-state index in [1.165, 1.54) is 30.5 Å². The highest BCUT2D eigenvalue weighted by molar-refractivity contribution is 6.31. The normalized spacial score (nSPS) is 11.6. The van der Waals surface area contributed by atoms with Gasteiger partial charge in [-0.25, -0.2) is 4.79 Å². The number of aromatic nitrogens is 1. The standard InChI is InChI=1S/C16H15ClN2O6/c1-8-13(17)15(22)11(6-18-8)25-7-12(21)19-14(16(23)24)9-2-4-10(20)5-3-9/h2-6,14,20H,7H2,1H3,(H,18,22)(H,19,21)(H,23,24). The molecule has 1 amide bonds. The summed E-state index contributed by atoms with van der Waals surface area (Å²) in [5.41, 5.74) is 0.163. The summed E-state index contributed by atoms with van der Waals surface area (Å²) in [6, 6.07) is 4.04. The van der Waals surface area contributed by atoms with Crippen molar-refractivity contribution in [3.63, 3.8) is 0 Å². The summed E-state index contributed by atoms with van der Waals surface area (Å²) in [5, 5.41) is 20.7. The molecule has 1 aromatic heterocycles. The van der Waals surface area contributed by atoms with Gasteiger partial charge in [-0.05, 0) is 24.6 Å². The minimum Gasteiger partial charge on any atom is -0.508 e. The molecular weight excluding hydrogens is 352 g/mol. The van der Waals surface area contributed by atoms with Gasteiger partial charge in [0.2, 0.25) is 5.43 Å². The zero-order valence-corrected chi connectivity index (χ0v) is 13.8. The lowest BCUT2D eigenvalue weighted by atomic mass is 10.1. The van der Waals surface area contributed by atoms with E-state index in [9.17, 15) is 24.6 Å². The molecule has 4 N–H and O–H groups in total. The number of hydrogen-bond acceptors (Lipinski definition) is 5. The number of nitrogens with one attached hydrogen (secondary N) is 2. The van der Waals surface area contributed by atoms with Crippen molar-refractivity contribution in [3.8, 4) is 11.5 Å². The van der Waals surface area contributed by atoms with Crippen LogP contribution in [0.2, 0.25) is 5.02 Å². The van der Waals surface area contributed by atoms with Crippen molar-refractivity contribution in [1.29, 1.82) is 0 Å². The molecule has 132 valence electrons. The predicted molar refractivity (Wildman–Crippen MR) is 88.9 cm³/mol. The average Bonchev–Trinajstić information content (AvgIpc) is 2.57. The molecule has 0 spiro atoms. The Labute approximate surface area is 147 Å². The molecule has 1 aromatic carbocycles. The maximum Gasteiger partial charge on any atom is 0.330 e. The van der Waals surface area contributed by atoms with Crippen molar-refractivity contribution in [2.75, 3.05) is 6.61 Å². The first kappa shape index (κ1) is 18.3. The van der Waals surface area contributed by atoms with Gasteiger partial charge in [0.25, 0.3) is 5.91 Å². The van der Waals surface area contributed by atoms with Gasteiger partial charge in [0.05, 0.1) is 0 Å². The molecule has 25 heavy (non-hydrogen) atoms. The van der Waals surface area contributed by atoms with Gasteiger partial charge in [0.15, 0.2) is 18.4 Å². The summed E-state index contributed by atoms with van der Waals surface area (Å²) >= 11 is 5.79. The number of carbonyl (C=O) groups is 2. The SMILES string of the molecule is Cc1[nH]cc(OCC(=O)NC(C(=O)O)c2ccc(O)cc2)c(=O)c1Cl. The van der Waals surface area contributed by atoms with Crippen LogP contribution in [0.1, 0.15) is 17.3 Å². The van der Waals surface area contributed by atoms with Crippen LogP contribution in [0.5, 0.6) is 11.5 Å². The number of phenolic OH excluding ortho intramolecular Hbond substituents is 1. The predicted octanol–water partition coefficient (Wildman–Crippen LogP) is 1.36. The van der Waals surface area contributed by atoms with Gasteiger partial charge >= 0.3 is 5.97 Å². The lowest BCUT2D eigenvalue weighted by Crippen LogP contribution is -2.37. The molecule has 0 aliphatic carbocycles. The number of aromatic amines is 1. The van der Waals surface area contributed by atoms with Crippen molar-refractivity contribution in [1.82, 2.24) is 10.3 Å². The Kier molecular flexibility index (Phi) is 5.66. The second kappa shape index (κ2) is 7.71. The number of halogens is 1. The van der Waals surface area contributed by atoms with Gasteiger partial charge in [-0.3, -0.25) is 9.59 Å². The fourth-order valence-electron chi connectivity index (χ4n) is 1.99. The Bertz CT molecular complexity index is 847. The molecule has 1 heterocycles. The lowest BCUT2D eigenvalue weighted by molar-refractivity contribution is -0.142. The average molecular weight is 367 g/mol. The van der Waals surface area contributed by atoms with Crippen LogP contribution in [-0.4, -0.2) is 33.7 Å². The minimum absolute atomic E-state index is 0.0296. The van der Waals surface area contributed by atoms with E-state index in [0.717, 1.165) is 0 Å². The van der Waals surface area contributed by atoms with Crippen LogP contribution in [0.25, 0.3) is 0 Å². The Balaban J connectivity index is 2.05. The van der Waals surface area contributed by atoms with E-state index in [0.29, 0.717) is 5.69 Å². The van der Waals surface area contributed by atoms with Crippen molar-refractivity contribution < 1.29 is 24.5 Å². The number of aromatic hydroxyl groups is 1. The largest absolute Gasteiger partial charge is 0.508 e. The molecule has 1 atom stereocenters. The second-order valence-electron chi connectivity index (χ2n) is 5.14. The highest BCUT2D eigenvalue weighted by atomic mass is 35.5. The lowest BCUT2D eigenvalue weighted by Gasteiger charge is -2.15. The smallest absolute Gasteiger partial charge is 0.330 e. The quantitative estimate of drug-likeness (QED) is 0.611. The fraction of sp³-hybridized carbons (Fsp3) is 0.188. The number of pyridine rings is 1. The van der Waals surface area contributed by atoms with E-state index in [4.69, 9.17) is 16.3 Å². The van der Waals surface area contributed by atoms with Gasteiger partial charge in [-0.2, -0.15) is 0 Å². The number of phenols is 1. The Morgan fingerprint density at radius 1 is 1.32 bits per heavy atom. The number of rotatable bonds is 6. The van der Waals surface area contributed by atoms with Gasteiger partial charge in [0.1, 0.15) is 10.8 Å². The number of carboxylic acid groups (broad SMARTS) is 1. The van der Waals surface area contributed by atoms with Gasteiger partial charge in [0, 0.05) is 11.9 Å². The summed E-state index contributed by atoms with van der Waals surface area (Å²) in [4.78, 5) is 37.9. The molecule has 0 saturated carbocycles. The number of aryl methyl sites for hydroxylation is 1. The third-order valence-corrected chi connectivity index (χ3v) is 3.76. The first-order valence-electron chi connectivity index (χ1n) is 7.11. The number of aliphatic carboxylic acids is 1. The number of benzene rings is 1. The zero-order chi connectivity index (χ0) is 18.6. The molecule has 2 rings (SSSR count). The van der Waals surface area contributed by atoms with E-state index >= 15 is 0 Å². The number of carbonyl (C=O) groups excluding carboxylic acids is 1. The van der Waals surface area contributed by atoms with Crippen molar-refractivity contribution >= 4 is 23.5 Å². The first-order chi connectivity index (χ1) is 11.8. The monoisotopic (exact) mass is 366 g/mol. The summed E-state index contributed by atoms with van der Waals surface area (Å²) in [7, 11) is 0. The first-order valence-corrected chi connectivity index (χ1v) is 7.49. The number of carboxylic acids is 1. The topological polar surface area (TPSA) is 129 Å². The second-order valence-corrected chi connectivity index (χ2v) is 5.52. The molecule has 0 aliphatic rings. The molecule has 0 aliphatic heterocycles. The van der Waals surface area contributed by atoms with E-state index in [1.54, 1.807) is 6.92 Å². The van der Waals surface area contributed by atoms with Crippen LogP contribution in [0, 0.1) is 6.92 Å². The highest BCUT2D eigenvalue weighted by Gasteiger charge is 2.22. The van der Waals surface area contributed by atoms with Gasteiger partial charge < -0.3 is 25.3 Å². The van der Waals surface area contributed by atoms with E-state index in [2.05, 4.69) is 10.3 Å². The number of hydrogen-bond donors (Lipinski definition) is 4. The summed E-state index contributed by atoms with van der Waals surface area (Å²) in [6.45, 7) is 1.04. The van der Waals surface area contributed by atoms with Gasteiger partial charge in [-0.15, -0.1) is 0 Å². The Morgan fingerprint density at radius 3 is 2.56 bits per heavy atom. The van der Waals surface area contributed by atoms with Crippen molar-refractivity contribution in [2.45, 2.75) is 13.0 Å². The van der Waals surface area contributed by atoms with Crippen LogP contribution in [0.4, 0.5) is 0 Å². The van der Waals surface area contributed by atoms with Crippen molar-refractivity contribution in [3.05, 3.63) is 57.0 Å². The molecule has 1 unspecified atom stereocenters. The Morgan fingerprint density at radius 2 is 1.96 bits per heavy atom. The molecule has 0 saturated heterocycles. The van der Waals surface area contributed by atoms with Crippen molar-refractivity contribution in [2.24, 2.45) is 0 Å². The molecule has 2 aromatic rings. The maximum absolute atomic E-state index is 11.9. The zero-order valence-electron chi connectivity index (χ0n) is 13.1. The van der Waals surface area contributed by atoms with Crippen LogP contribution in [-0.2, 0) is 9.59 Å². The Hall–Kier alpha value is -3.00. The highest BCUT2D eigenvalue weighted by Crippen LogP contribution is 2.17. The van der Waals surface area contributed by atoms with Crippen LogP contribution in [0.15, 0.2) is 35.3 Å². The van der Waals surface area contributed by atoms with Crippen LogP contribution >= 0.6 is 11.6 Å². The van der Waals surface area contributed by atoms with Crippen LogP contribution < -0.4 is 15.5 Å². The molecule has 9 heteroatoms. The third kappa shape index (κ3) is 4.51. The summed E-state index contributed by atoms with van der Waals surface area (Å²) in [6.07, 6.45) is 1.27. The summed E-state index contributed by atoms with van der Waals surface area (Å²) in [5.74, 6) is -2.20. The summed E-state index contributed by atoms with van der Waals surface area (Å²) < 4.78 is 5.10. The fourth-order valence-corrected chi connectivity index (χ4v) is 2.14. The molecule has 8 nitrogen and oxygen atoms in total. The molecule has 0 radical (unpaired) electrons. The molecule has 0 bridgehead atoms. The maximum atomic E-state index is 11.9. The molecule has 0 fully saturated rings. The molecular formula is C16H15ClN2O6. The van der Waals surface area contributed by atoms with E-state index in [1.807, 2.05) is 0 Å². The number of H-pyrrole nitrogens is 1. The third-order valence-electron chi connectivity index (χ3n) is 3.31. The minimum atomic E-state index is -1.32.